The highest BCUT2D eigenvalue weighted by Crippen LogP contribution is 2.56. The van der Waals surface area contributed by atoms with Gasteiger partial charge in [-0.2, -0.15) is 0 Å². The van der Waals surface area contributed by atoms with E-state index >= 15 is 0 Å². The second-order valence-corrected chi connectivity index (χ2v) is 8.32. The summed E-state index contributed by atoms with van der Waals surface area (Å²) < 4.78 is 6.29. The first-order chi connectivity index (χ1) is 12.6. The highest BCUT2D eigenvalue weighted by Gasteiger charge is 2.56. The first-order valence-electron chi connectivity index (χ1n) is 9.42. The average Bonchev–Trinajstić information content (AvgIpc) is 2.84. The van der Waals surface area contributed by atoms with E-state index in [9.17, 15) is 9.90 Å². The van der Waals surface area contributed by atoms with Gasteiger partial charge in [-0.15, -0.1) is 0 Å². The third-order valence-corrected chi connectivity index (χ3v) is 6.04. The molecule has 1 amide bonds. The lowest BCUT2D eigenvalue weighted by Gasteiger charge is -2.36. The van der Waals surface area contributed by atoms with Crippen molar-refractivity contribution in [2.75, 3.05) is 5.32 Å². The third kappa shape index (κ3) is 2.66. The van der Waals surface area contributed by atoms with Crippen molar-refractivity contribution in [3.05, 3.63) is 57.6 Å². The Hall–Kier alpha value is -2.33. The van der Waals surface area contributed by atoms with E-state index in [0.29, 0.717) is 18.1 Å². The Bertz CT molecular complexity index is 897. The van der Waals surface area contributed by atoms with E-state index < -0.39 is 11.2 Å². The summed E-state index contributed by atoms with van der Waals surface area (Å²) in [4.78, 5) is 11.1. The van der Waals surface area contributed by atoms with E-state index in [2.05, 4.69) is 31.3 Å². The molecule has 2 aromatic carbocycles. The van der Waals surface area contributed by atoms with Crippen LogP contribution in [0.5, 0.6) is 5.75 Å². The van der Waals surface area contributed by atoms with Crippen molar-refractivity contribution in [3.8, 4) is 5.75 Å². The summed E-state index contributed by atoms with van der Waals surface area (Å²) in [5.74, 6) is 1.08. The number of carbonyl (C=O) groups excluding carboxylic acids is 1. The highest BCUT2D eigenvalue weighted by molar-refractivity contribution is 5.80. The van der Waals surface area contributed by atoms with E-state index in [-0.39, 0.29) is 0 Å². The minimum Gasteiger partial charge on any atom is -0.483 e. The summed E-state index contributed by atoms with van der Waals surface area (Å²) in [5, 5.41) is 14.8. The molecule has 0 spiro atoms. The first-order valence-corrected chi connectivity index (χ1v) is 9.42. The van der Waals surface area contributed by atoms with Crippen LogP contribution in [0.2, 0.25) is 0 Å². The Morgan fingerprint density at radius 2 is 1.63 bits per heavy atom. The van der Waals surface area contributed by atoms with Crippen LogP contribution in [0, 0.1) is 20.8 Å². The second-order valence-electron chi connectivity index (χ2n) is 8.32. The second kappa shape index (κ2) is 6.38. The van der Waals surface area contributed by atoms with Crippen LogP contribution in [-0.4, -0.2) is 17.1 Å². The third-order valence-electron chi connectivity index (χ3n) is 6.04. The van der Waals surface area contributed by atoms with E-state index in [1.807, 2.05) is 46.8 Å². The lowest BCUT2D eigenvalue weighted by atomic mass is 9.73. The molecule has 2 aromatic rings. The quantitative estimate of drug-likeness (QED) is 0.770. The van der Waals surface area contributed by atoms with Gasteiger partial charge in [0.25, 0.3) is 0 Å². The number of carbonyl (C=O) groups is 1. The fraction of sp³-hybridized carbons (Fsp3) is 0.435. The molecule has 0 saturated carbocycles. The average molecular weight is 367 g/mol. The zero-order chi connectivity index (χ0) is 20.1. The van der Waals surface area contributed by atoms with Gasteiger partial charge in [0.1, 0.15) is 11.4 Å². The maximum absolute atomic E-state index is 12.0. The fourth-order valence-corrected chi connectivity index (χ4v) is 4.20. The highest BCUT2D eigenvalue weighted by atomic mass is 16.5. The number of benzene rings is 2. The summed E-state index contributed by atoms with van der Waals surface area (Å²) in [7, 11) is 0. The summed E-state index contributed by atoms with van der Waals surface area (Å²) in [5.41, 5.74) is 4.16. The number of fused-ring (bicyclic) bond motifs is 1. The van der Waals surface area contributed by atoms with E-state index in [1.165, 1.54) is 5.56 Å². The van der Waals surface area contributed by atoms with Crippen LogP contribution < -0.4 is 10.1 Å². The van der Waals surface area contributed by atoms with Crippen molar-refractivity contribution < 1.29 is 14.6 Å². The molecule has 4 nitrogen and oxygen atoms in total. The Balaban J connectivity index is 2.29. The molecule has 1 atom stereocenters. The number of hydrogen-bond acceptors (Lipinski definition) is 3. The predicted octanol–water partition coefficient (Wildman–Crippen LogP) is 4.71. The van der Waals surface area contributed by atoms with Crippen molar-refractivity contribution in [2.24, 2.45) is 0 Å². The molecule has 27 heavy (non-hydrogen) atoms. The van der Waals surface area contributed by atoms with Crippen molar-refractivity contribution >= 4 is 12.1 Å². The molecule has 1 aliphatic heterocycles. The minimum absolute atomic E-state index is 0.428. The maximum atomic E-state index is 12.0. The molecule has 144 valence electrons. The largest absolute Gasteiger partial charge is 0.483 e. The number of anilines is 1. The van der Waals surface area contributed by atoms with Gasteiger partial charge in [0.05, 0.1) is 5.69 Å². The van der Waals surface area contributed by atoms with Crippen LogP contribution in [0.1, 0.15) is 67.0 Å². The molecule has 0 fully saturated rings. The maximum Gasteiger partial charge on any atom is 0.211 e. The van der Waals surface area contributed by atoms with Gasteiger partial charge in [0.15, 0.2) is 5.60 Å². The fourth-order valence-electron chi connectivity index (χ4n) is 4.20. The summed E-state index contributed by atoms with van der Waals surface area (Å²) in [6, 6.07) is 8.14. The van der Waals surface area contributed by atoms with Crippen LogP contribution in [0.4, 0.5) is 5.69 Å². The number of hydrogen-bond donors (Lipinski definition) is 2. The topological polar surface area (TPSA) is 58.6 Å². The molecule has 2 N–H and O–H groups in total. The van der Waals surface area contributed by atoms with E-state index in [4.69, 9.17) is 4.74 Å². The van der Waals surface area contributed by atoms with Gasteiger partial charge in [0.2, 0.25) is 6.41 Å². The molecule has 0 aromatic heterocycles. The SMILES string of the molecule is Cc1c(C)c2c(c(C)c1NC=O)OC(C)(C)C2(O)c1ccc(C(C)C)cc1. The zero-order valence-electron chi connectivity index (χ0n) is 17.2. The van der Waals surface area contributed by atoms with Gasteiger partial charge in [-0.05, 0) is 62.8 Å². The first kappa shape index (κ1) is 19.4. The molecular formula is C23H29NO3. The zero-order valence-corrected chi connectivity index (χ0v) is 17.2. The molecule has 0 aliphatic carbocycles. The van der Waals surface area contributed by atoms with E-state index in [1.54, 1.807) is 0 Å². The van der Waals surface area contributed by atoms with Crippen LogP contribution >= 0.6 is 0 Å². The van der Waals surface area contributed by atoms with Gasteiger partial charge in [-0.25, -0.2) is 0 Å². The molecule has 1 aliphatic rings. The summed E-state index contributed by atoms with van der Waals surface area (Å²) in [6.07, 6.45) is 0.679. The summed E-state index contributed by atoms with van der Waals surface area (Å²) in [6.45, 7) is 14.0. The monoisotopic (exact) mass is 367 g/mol. The van der Waals surface area contributed by atoms with Crippen LogP contribution in [-0.2, 0) is 10.4 Å². The lowest BCUT2D eigenvalue weighted by molar-refractivity contribution is -0.105. The summed E-state index contributed by atoms with van der Waals surface area (Å²) >= 11 is 0. The van der Waals surface area contributed by atoms with Gasteiger partial charge in [-0.1, -0.05) is 38.1 Å². The molecular weight excluding hydrogens is 338 g/mol. The van der Waals surface area contributed by atoms with Gasteiger partial charge >= 0.3 is 0 Å². The van der Waals surface area contributed by atoms with Crippen molar-refractivity contribution in [2.45, 2.75) is 65.6 Å². The molecule has 3 rings (SSSR count). The molecule has 0 saturated heterocycles. The van der Waals surface area contributed by atoms with Crippen LogP contribution in [0.25, 0.3) is 0 Å². The van der Waals surface area contributed by atoms with Crippen molar-refractivity contribution in [1.82, 2.24) is 0 Å². The van der Waals surface area contributed by atoms with E-state index in [0.717, 1.165) is 33.5 Å². The number of aliphatic hydroxyl groups is 1. The van der Waals surface area contributed by atoms with Crippen LogP contribution in [0.15, 0.2) is 24.3 Å². The number of ether oxygens (including phenoxy) is 1. The Kier molecular flexibility index (Phi) is 4.59. The smallest absolute Gasteiger partial charge is 0.211 e. The molecule has 4 heteroatoms. The van der Waals surface area contributed by atoms with Crippen molar-refractivity contribution in [3.63, 3.8) is 0 Å². The Morgan fingerprint density at radius 3 is 2.15 bits per heavy atom. The van der Waals surface area contributed by atoms with Crippen LogP contribution in [0.3, 0.4) is 0 Å². The standard InChI is InChI=1S/C23H29NO3/c1-13(2)17-8-10-18(11-9-17)23(26)19-14(3)15(4)20(24-12-25)16(5)21(19)27-22(23,6)7/h8-13,26H,1-7H3,(H,24,25). The predicted molar refractivity (Wildman–Crippen MR) is 109 cm³/mol. The minimum atomic E-state index is -1.28. The molecule has 0 bridgehead atoms. The van der Waals surface area contributed by atoms with Gasteiger partial charge < -0.3 is 15.2 Å². The van der Waals surface area contributed by atoms with Crippen molar-refractivity contribution in [1.29, 1.82) is 0 Å². The number of rotatable bonds is 4. The number of amides is 1. The van der Waals surface area contributed by atoms with Gasteiger partial charge in [0, 0.05) is 11.1 Å². The van der Waals surface area contributed by atoms with Gasteiger partial charge in [-0.3, -0.25) is 4.79 Å². The number of nitrogens with one attached hydrogen (secondary N) is 1. The molecule has 1 unspecified atom stereocenters. The molecule has 1 heterocycles. The molecule has 0 radical (unpaired) electrons. The Morgan fingerprint density at radius 1 is 1.04 bits per heavy atom. The Labute approximate surface area is 161 Å². The normalized spacial score (nSPS) is 20.3. The lowest BCUT2D eigenvalue weighted by Crippen LogP contribution is -2.47.